The second kappa shape index (κ2) is 8.43. The number of carbonyl (C=O) groups is 1. The van der Waals surface area contributed by atoms with E-state index < -0.39 is 0 Å². The Hall–Kier alpha value is -2.21. The number of benzene rings is 1. The van der Waals surface area contributed by atoms with Crippen LogP contribution >= 0.6 is 15.9 Å². The van der Waals surface area contributed by atoms with Gasteiger partial charge in [0.05, 0.1) is 18.9 Å². The van der Waals surface area contributed by atoms with E-state index >= 15 is 0 Å². The maximum absolute atomic E-state index is 12.1. The Morgan fingerprint density at radius 2 is 2.00 bits per heavy atom. The van der Waals surface area contributed by atoms with E-state index in [9.17, 15) is 4.79 Å². The number of anilines is 1. The monoisotopic (exact) mass is 379 g/mol. The van der Waals surface area contributed by atoms with E-state index in [1.165, 1.54) is 6.08 Å². The normalized spacial score (nSPS) is 10.7. The third kappa shape index (κ3) is 5.17. The molecule has 122 valence electrons. The molecular formula is C17H18BrNO4. The van der Waals surface area contributed by atoms with Crippen molar-refractivity contribution in [1.29, 1.82) is 0 Å². The molecule has 0 unspecified atom stereocenters. The third-order valence-electron chi connectivity index (χ3n) is 2.81. The molecule has 0 fully saturated rings. The second-order valence-electron chi connectivity index (χ2n) is 4.49. The summed E-state index contributed by atoms with van der Waals surface area (Å²) in [6.45, 7) is 4.84. The fourth-order valence-electron chi connectivity index (χ4n) is 1.89. The second-order valence-corrected chi connectivity index (χ2v) is 5.27. The number of rotatable bonds is 7. The van der Waals surface area contributed by atoms with Gasteiger partial charge in [-0.25, -0.2) is 0 Å². The van der Waals surface area contributed by atoms with Gasteiger partial charge in [-0.15, -0.1) is 0 Å². The topological polar surface area (TPSA) is 60.7 Å². The number of hydrogen-bond acceptors (Lipinski definition) is 4. The number of halogens is 1. The summed E-state index contributed by atoms with van der Waals surface area (Å²) in [6, 6.07) is 8.84. The van der Waals surface area contributed by atoms with E-state index in [1.54, 1.807) is 36.4 Å². The van der Waals surface area contributed by atoms with Gasteiger partial charge in [0, 0.05) is 12.1 Å². The van der Waals surface area contributed by atoms with Crippen LogP contribution < -0.4 is 14.8 Å². The van der Waals surface area contributed by atoms with Crippen molar-refractivity contribution in [3.63, 3.8) is 0 Å². The van der Waals surface area contributed by atoms with Crippen LogP contribution in [0.25, 0.3) is 6.08 Å². The first kappa shape index (κ1) is 17.1. The molecule has 0 aliphatic carbocycles. The highest BCUT2D eigenvalue weighted by Crippen LogP contribution is 2.29. The van der Waals surface area contributed by atoms with E-state index in [0.717, 1.165) is 0 Å². The minimum absolute atomic E-state index is 0.285. The zero-order valence-corrected chi connectivity index (χ0v) is 14.6. The van der Waals surface area contributed by atoms with Crippen LogP contribution in [-0.2, 0) is 4.79 Å². The van der Waals surface area contributed by atoms with Crippen molar-refractivity contribution in [2.45, 2.75) is 13.8 Å². The van der Waals surface area contributed by atoms with Gasteiger partial charge < -0.3 is 19.2 Å². The molecule has 0 bridgehead atoms. The van der Waals surface area contributed by atoms with E-state index in [4.69, 9.17) is 13.9 Å². The Bertz CT molecular complexity index is 694. The lowest BCUT2D eigenvalue weighted by atomic mass is 10.2. The summed E-state index contributed by atoms with van der Waals surface area (Å²) in [5.41, 5.74) is 0.563. The van der Waals surface area contributed by atoms with Gasteiger partial charge in [0.2, 0.25) is 5.91 Å². The molecule has 1 heterocycles. The summed E-state index contributed by atoms with van der Waals surface area (Å²) in [5.74, 6) is 1.57. The maximum Gasteiger partial charge on any atom is 0.248 e. The molecule has 2 rings (SSSR count). The van der Waals surface area contributed by atoms with Crippen molar-refractivity contribution in [2.24, 2.45) is 0 Å². The molecular weight excluding hydrogens is 362 g/mol. The van der Waals surface area contributed by atoms with Gasteiger partial charge in [0.15, 0.2) is 4.67 Å². The number of nitrogens with one attached hydrogen (secondary N) is 1. The SMILES string of the molecule is CCOc1ccc(OCC)c(NC(=O)/C=C/c2ccc(Br)o2)c1. The Kier molecular flexibility index (Phi) is 6.29. The molecule has 0 aliphatic rings. The van der Waals surface area contributed by atoms with Crippen molar-refractivity contribution in [3.05, 3.63) is 46.8 Å². The molecule has 0 saturated heterocycles. The van der Waals surface area contributed by atoms with Crippen LogP contribution in [0.4, 0.5) is 5.69 Å². The highest BCUT2D eigenvalue weighted by atomic mass is 79.9. The smallest absolute Gasteiger partial charge is 0.248 e. The summed E-state index contributed by atoms with van der Waals surface area (Å²) in [6.07, 6.45) is 2.99. The van der Waals surface area contributed by atoms with Gasteiger partial charge in [0.25, 0.3) is 0 Å². The van der Waals surface area contributed by atoms with Crippen molar-refractivity contribution >= 4 is 33.6 Å². The van der Waals surface area contributed by atoms with Gasteiger partial charge in [-0.2, -0.15) is 0 Å². The Labute approximate surface area is 143 Å². The quantitative estimate of drug-likeness (QED) is 0.719. The van der Waals surface area contributed by atoms with Crippen LogP contribution in [0.15, 0.2) is 45.5 Å². The average molecular weight is 380 g/mol. The Morgan fingerprint density at radius 3 is 2.65 bits per heavy atom. The van der Waals surface area contributed by atoms with E-state index in [-0.39, 0.29) is 5.91 Å². The zero-order valence-electron chi connectivity index (χ0n) is 13.0. The molecule has 2 aromatic rings. The number of hydrogen-bond donors (Lipinski definition) is 1. The minimum atomic E-state index is -0.285. The molecule has 1 N–H and O–H groups in total. The molecule has 0 aliphatic heterocycles. The van der Waals surface area contributed by atoms with Crippen molar-refractivity contribution in [1.82, 2.24) is 0 Å². The lowest BCUT2D eigenvalue weighted by Gasteiger charge is -2.12. The van der Waals surface area contributed by atoms with Gasteiger partial charge in [-0.1, -0.05) is 0 Å². The van der Waals surface area contributed by atoms with Crippen LogP contribution in [0, 0.1) is 0 Å². The largest absolute Gasteiger partial charge is 0.494 e. The molecule has 0 radical (unpaired) electrons. The molecule has 1 aromatic carbocycles. The molecule has 23 heavy (non-hydrogen) atoms. The lowest BCUT2D eigenvalue weighted by Crippen LogP contribution is -2.09. The predicted octanol–water partition coefficient (Wildman–Crippen LogP) is 4.49. The summed E-state index contributed by atoms with van der Waals surface area (Å²) in [4.78, 5) is 12.1. The van der Waals surface area contributed by atoms with Crippen LogP contribution in [-0.4, -0.2) is 19.1 Å². The van der Waals surface area contributed by atoms with Crippen LogP contribution in [0.3, 0.4) is 0 Å². The molecule has 6 heteroatoms. The van der Waals surface area contributed by atoms with E-state index in [1.807, 2.05) is 13.8 Å². The van der Waals surface area contributed by atoms with Gasteiger partial charge in [0.1, 0.15) is 17.3 Å². The summed E-state index contributed by atoms with van der Waals surface area (Å²) in [7, 11) is 0. The van der Waals surface area contributed by atoms with Crippen LogP contribution in [0.1, 0.15) is 19.6 Å². The van der Waals surface area contributed by atoms with Crippen molar-refractivity contribution in [2.75, 3.05) is 18.5 Å². The highest BCUT2D eigenvalue weighted by Gasteiger charge is 2.08. The third-order valence-corrected chi connectivity index (χ3v) is 3.24. The van der Waals surface area contributed by atoms with Crippen molar-refractivity contribution < 1.29 is 18.7 Å². The van der Waals surface area contributed by atoms with Gasteiger partial charge in [-0.05, 0) is 60.1 Å². The number of ether oxygens (including phenoxy) is 2. The maximum atomic E-state index is 12.1. The van der Waals surface area contributed by atoms with E-state index in [2.05, 4.69) is 21.2 Å². The molecule has 1 amide bonds. The molecule has 0 spiro atoms. The van der Waals surface area contributed by atoms with Crippen molar-refractivity contribution in [3.8, 4) is 11.5 Å². The first-order valence-electron chi connectivity index (χ1n) is 7.26. The lowest BCUT2D eigenvalue weighted by molar-refractivity contribution is -0.111. The summed E-state index contributed by atoms with van der Waals surface area (Å²) >= 11 is 3.21. The number of furan rings is 1. The van der Waals surface area contributed by atoms with Crippen LogP contribution in [0.2, 0.25) is 0 Å². The summed E-state index contributed by atoms with van der Waals surface area (Å²) in [5, 5.41) is 2.79. The molecule has 0 saturated carbocycles. The van der Waals surface area contributed by atoms with Gasteiger partial charge >= 0.3 is 0 Å². The highest BCUT2D eigenvalue weighted by molar-refractivity contribution is 9.10. The van der Waals surface area contributed by atoms with E-state index in [0.29, 0.717) is 40.8 Å². The molecule has 1 aromatic heterocycles. The van der Waals surface area contributed by atoms with Crippen LogP contribution in [0.5, 0.6) is 11.5 Å². The Morgan fingerprint density at radius 1 is 1.22 bits per heavy atom. The number of carbonyl (C=O) groups excluding carboxylic acids is 1. The fraction of sp³-hybridized carbons (Fsp3) is 0.235. The fourth-order valence-corrected chi connectivity index (χ4v) is 2.21. The Balaban J connectivity index is 2.11. The molecule has 5 nitrogen and oxygen atoms in total. The standard InChI is InChI=1S/C17H18BrNO4/c1-3-21-13-5-8-15(22-4-2)14(11-13)19-17(20)10-7-12-6-9-16(18)23-12/h5-11H,3-4H2,1-2H3,(H,19,20)/b10-7+. The molecule has 0 atom stereocenters. The van der Waals surface area contributed by atoms with Gasteiger partial charge in [-0.3, -0.25) is 4.79 Å². The minimum Gasteiger partial charge on any atom is -0.494 e. The first-order valence-corrected chi connectivity index (χ1v) is 8.05. The average Bonchev–Trinajstić information content (AvgIpc) is 2.94. The predicted molar refractivity (Wildman–Crippen MR) is 92.9 cm³/mol. The number of amides is 1. The summed E-state index contributed by atoms with van der Waals surface area (Å²) < 4.78 is 16.9. The first-order chi connectivity index (χ1) is 11.1. The zero-order chi connectivity index (χ0) is 16.7.